The molecule has 0 amide bonds. The van der Waals surface area contributed by atoms with Crippen molar-refractivity contribution in [3.05, 3.63) is 0 Å². The summed E-state index contributed by atoms with van der Waals surface area (Å²) in [5.41, 5.74) is 6.65. The Morgan fingerprint density at radius 1 is 0.952 bits per heavy atom. The van der Waals surface area contributed by atoms with Gasteiger partial charge in [-0.1, -0.05) is 0 Å². The van der Waals surface area contributed by atoms with Crippen molar-refractivity contribution < 1.29 is 0 Å². The molecule has 120 valence electrons. The van der Waals surface area contributed by atoms with Crippen LogP contribution in [0.5, 0.6) is 0 Å². The molecule has 0 aromatic carbocycles. The number of nitrogens with zero attached hydrogens (tertiary/aromatic N) is 3. The van der Waals surface area contributed by atoms with Crippen LogP contribution in [0.15, 0.2) is 0 Å². The van der Waals surface area contributed by atoms with Gasteiger partial charge in [0.15, 0.2) is 0 Å². The quantitative estimate of drug-likeness (QED) is 0.845. The first-order valence-corrected chi connectivity index (χ1v) is 9.13. The van der Waals surface area contributed by atoms with E-state index in [2.05, 4.69) is 21.7 Å². The maximum absolute atomic E-state index is 6.34. The van der Waals surface area contributed by atoms with Gasteiger partial charge in [-0.3, -0.25) is 9.80 Å². The Hall–Kier alpha value is -0.160. The van der Waals surface area contributed by atoms with Crippen LogP contribution in [0.25, 0.3) is 0 Å². The summed E-state index contributed by atoms with van der Waals surface area (Å²) in [7, 11) is 2.33. The minimum absolute atomic E-state index is 0.312. The van der Waals surface area contributed by atoms with Crippen molar-refractivity contribution in [2.45, 2.75) is 68.6 Å². The van der Waals surface area contributed by atoms with Gasteiger partial charge in [-0.15, -0.1) is 0 Å². The Morgan fingerprint density at radius 3 is 2.24 bits per heavy atom. The van der Waals surface area contributed by atoms with Gasteiger partial charge in [0.1, 0.15) is 0 Å². The standard InChI is InChI=1S/C17H32N4/c1-19-14-4-5-15(19)11-17(10-14,13-18)21-9-6-16(12-21)20-7-2-3-8-20/h14-16H,2-13,18H2,1H3. The zero-order valence-corrected chi connectivity index (χ0v) is 13.6. The van der Waals surface area contributed by atoms with E-state index in [1.165, 1.54) is 71.1 Å². The van der Waals surface area contributed by atoms with Crippen molar-refractivity contribution in [2.24, 2.45) is 5.73 Å². The van der Waals surface area contributed by atoms with Crippen LogP contribution in [0, 0.1) is 0 Å². The number of hydrogen-bond acceptors (Lipinski definition) is 4. The van der Waals surface area contributed by atoms with Crippen molar-refractivity contribution >= 4 is 0 Å². The van der Waals surface area contributed by atoms with Crippen LogP contribution in [-0.2, 0) is 0 Å². The molecule has 0 aliphatic carbocycles. The molecule has 4 aliphatic heterocycles. The molecule has 21 heavy (non-hydrogen) atoms. The molecule has 0 spiro atoms. The zero-order chi connectivity index (χ0) is 14.4. The van der Waals surface area contributed by atoms with E-state index >= 15 is 0 Å². The Bertz CT molecular complexity index is 365. The molecule has 0 aromatic heterocycles. The fourth-order valence-corrected chi connectivity index (χ4v) is 5.67. The van der Waals surface area contributed by atoms with E-state index in [1.807, 2.05) is 0 Å². The highest BCUT2D eigenvalue weighted by Gasteiger charge is 2.50. The van der Waals surface area contributed by atoms with Gasteiger partial charge in [0.25, 0.3) is 0 Å². The fraction of sp³-hybridized carbons (Fsp3) is 1.00. The first kappa shape index (κ1) is 14.4. The summed E-state index contributed by atoms with van der Waals surface area (Å²) in [6.45, 7) is 6.09. The van der Waals surface area contributed by atoms with Gasteiger partial charge >= 0.3 is 0 Å². The molecule has 4 saturated heterocycles. The maximum atomic E-state index is 6.34. The number of rotatable bonds is 3. The third-order valence-electron chi connectivity index (χ3n) is 7.09. The second kappa shape index (κ2) is 5.48. The van der Waals surface area contributed by atoms with E-state index in [9.17, 15) is 0 Å². The second-order valence-corrected chi connectivity index (χ2v) is 8.02. The lowest BCUT2D eigenvalue weighted by molar-refractivity contribution is 0.0110. The van der Waals surface area contributed by atoms with Crippen LogP contribution < -0.4 is 5.73 Å². The zero-order valence-electron chi connectivity index (χ0n) is 13.6. The van der Waals surface area contributed by atoms with Gasteiger partial charge in [0.2, 0.25) is 0 Å². The molecule has 0 saturated carbocycles. The van der Waals surface area contributed by atoms with Crippen molar-refractivity contribution in [1.29, 1.82) is 0 Å². The molecular weight excluding hydrogens is 260 g/mol. The first-order valence-electron chi connectivity index (χ1n) is 9.13. The normalized spacial score (nSPS) is 45.7. The van der Waals surface area contributed by atoms with Crippen molar-refractivity contribution in [3.63, 3.8) is 0 Å². The van der Waals surface area contributed by atoms with Crippen LogP contribution in [0.2, 0.25) is 0 Å². The Balaban J connectivity index is 1.47. The predicted octanol–water partition coefficient (Wildman–Crippen LogP) is 1.11. The van der Waals surface area contributed by atoms with Gasteiger partial charge in [-0.25, -0.2) is 0 Å². The van der Waals surface area contributed by atoms with Gasteiger partial charge in [0, 0.05) is 43.3 Å². The van der Waals surface area contributed by atoms with Crippen LogP contribution in [0.4, 0.5) is 0 Å². The van der Waals surface area contributed by atoms with Crippen molar-refractivity contribution in [2.75, 3.05) is 39.8 Å². The lowest BCUT2D eigenvalue weighted by Gasteiger charge is -2.50. The minimum Gasteiger partial charge on any atom is -0.329 e. The summed E-state index contributed by atoms with van der Waals surface area (Å²) in [6, 6.07) is 2.39. The number of fused-ring (bicyclic) bond motifs is 2. The number of likely N-dealkylation sites (tertiary alicyclic amines) is 2. The molecular formula is C17H32N4. The van der Waals surface area contributed by atoms with E-state index in [0.29, 0.717) is 5.54 Å². The van der Waals surface area contributed by atoms with Crippen molar-refractivity contribution in [3.8, 4) is 0 Å². The monoisotopic (exact) mass is 292 g/mol. The lowest BCUT2D eigenvalue weighted by Crippen LogP contribution is -2.61. The van der Waals surface area contributed by atoms with E-state index in [4.69, 9.17) is 5.73 Å². The molecule has 2 N–H and O–H groups in total. The molecule has 3 unspecified atom stereocenters. The number of hydrogen-bond donors (Lipinski definition) is 1. The number of piperidine rings is 1. The molecule has 0 radical (unpaired) electrons. The van der Waals surface area contributed by atoms with Crippen LogP contribution >= 0.6 is 0 Å². The fourth-order valence-electron chi connectivity index (χ4n) is 5.67. The Labute approximate surface area is 129 Å². The maximum Gasteiger partial charge on any atom is 0.0362 e. The third kappa shape index (κ3) is 2.35. The summed E-state index contributed by atoms with van der Waals surface area (Å²) in [5.74, 6) is 0. The topological polar surface area (TPSA) is 35.7 Å². The second-order valence-electron chi connectivity index (χ2n) is 8.02. The summed E-state index contributed by atoms with van der Waals surface area (Å²) < 4.78 is 0. The molecule has 4 heterocycles. The largest absolute Gasteiger partial charge is 0.329 e. The summed E-state index contributed by atoms with van der Waals surface area (Å²) in [6.07, 6.45) is 9.60. The van der Waals surface area contributed by atoms with Gasteiger partial charge in [-0.2, -0.15) is 0 Å². The third-order valence-corrected chi connectivity index (χ3v) is 7.09. The predicted molar refractivity (Wildman–Crippen MR) is 86.4 cm³/mol. The highest BCUT2D eigenvalue weighted by molar-refractivity contribution is 5.08. The Morgan fingerprint density at radius 2 is 1.62 bits per heavy atom. The van der Waals surface area contributed by atoms with Crippen LogP contribution in [0.1, 0.15) is 44.9 Å². The number of nitrogens with two attached hydrogens (primary N) is 1. The average molecular weight is 292 g/mol. The van der Waals surface area contributed by atoms with E-state index < -0.39 is 0 Å². The Kier molecular flexibility index (Phi) is 3.77. The van der Waals surface area contributed by atoms with Gasteiger partial charge in [-0.05, 0) is 65.1 Å². The molecule has 4 rings (SSSR count). The highest BCUT2D eigenvalue weighted by atomic mass is 15.3. The highest BCUT2D eigenvalue weighted by Crippen LogP contribution is 2.43. The summed E-state index contributed by atoms with van der Waals surface area (Å²) in [5, 5.41) is 0. The molecule has 3 atom stereocenters. The SMILES string of the molecule is CN1C2CCC1CC(CN)(N1CCC(N3CCCC3)C1)C2. The summed E-state index contributed by atoms with van der Waals surface area (Å²) >= 11 is 0. The molecule has 4 heteroatoms. The van der Waals surface area contributed by atoms with Gasteiger partial charge < -0.3 is 10.6 Å². The average Bonchev–Trinajstić information content (AvgIpc) is 3.20. The molecule has 4 aliphatic rings. The van der Waals surface area contributed by atoms with E-state index in [0.717, 1.165) is 24.7 Å². The molecule has 4 nitrogen and oxygen atoms in total. The van der Waals surface area contributed by atoms with Crippen molar-refractivity contribution in [1.82, 2.24) is 14.7 Å². The molecule has 4 fully saturated rings. The minimum atomic E-state index is 0.312. The summed E-state index contributed by atoms with van der Waals surface area (Å²) in [4.78, 5) is 8.18. The van der Waals surface area contributed by atoms with Crippen LogP contribution in [0.3, 0.4) is 0 Å². The van der Waals surface area contributed by atoms with Gasteiger partial charge in [0.05, 0.1) is 0 Å². The first-order chi connectivity index (χ1) is 10.2. The molecule has 0 aromatic rings. The molecule has 2 bridgehead atoms. The smallest absolute Gasteiger partial charge is 0.0362 e. The lowest BCUT2D eigenvalue weighted by atomic mass is 9.81. The van der Waals surface area contributed by atoms with Crippen LogP contribution in [-0.4, -0.2) is 78.1 Å². The van der Waals surface area contributed by atoms with E-state index in [-0.39, 0.29) is 0 Å². The van der Waals surface area contributed by atoms with E-state index in [1.54, 1.807) is 0 Å².